The molecule has 2 aliphatic heterocycles. The smallest absolute Gasteiger partial charge is 0.308 e. The first-order chi connectivity index (χ1) is 9.24. The Morgan fingerprint density at radius 1 is 1.05 bits per heavy atom. The third-order valence-electron chi connectivity index (χ3n) is 3.17. The molecule has 0 aliphatic carbocycles. The van der Waals surface area contributed by atoms with E-state index in [0.717, 1.165) is 32.3 Å². The largest absolute Gasteiger partial charge is 0.470 e. The van der Waals surface area contributed by atoms with Gasteiger partial charge in [-0.3, -0.25) is 4.79 Å². The molecule has 2 fully saturated rings. The fourth-order valence-electron chi connectivity index (χ4n) is 2.16. The molecule has 1 unspecified atom stereocenters. The van der Waals surface area contributed by atoms with Crippen molar-refractivity contribution in [3.05, 3.63) is 12.3 Å². The highest BCUT2D eigenvalue weighted by Crippen LogP contribution is 2.19. The van der Waals surface area contributed by atoms with E-state index in [9.17, 15) is 4.79 Å². The van der Waals surface area contributed by atoms with Crippen LogP contribution < -0.4 is 0 Å². The van der Waals surface area contributed by atoms with E-state index in [1.165, 1.54) is 0 Å². The monoisotopic (exact) mass is 270 g/mol. The number of esters is 1. The first-order valence-electron chi connectivity index (χ1n) is 7.01. The summed E-state index contributed by atoms with van der Waals surface area (Å²) in [5, 5.41) is 0. The van der Waals surface area contributed by atoms with Gasteiger partial charge in [0.25, 0.3) is 0 Å². The lowest BCUT2D eigenvalue weighted by Gasteiger charge is -2.15. The van der Waals surface area contributed by atoms with Crippen LogP contribution in [-0.4, -0.2) is 31.8 Å². The topological polar surface area (TPSA) is 54.0 Å². The Bertz CT molecular complexity index is 273. The lowest BCUT2D eigenvalue weighted by molar-refractivity contribution is -0.169. The van der Waals surface area contributed by atoms with Gasteiger partial charge in [-0.25, -0.2) is 0 Å². The van der Waals surface area contributed by atoms with Crippen molar-refractivity contribution in [1.29, 1.82) is 0 Å². The zero-order chi connectivity index (χ0) is 13.5. The van der Waals surface area contributed by atoms with Crippen LogP contribution in [0, 0.1) is 0 Å². The minimum Gasteiger partial charge on any atom is -0.470 e. The third-order valence-corrected chi connectivity index (χ3v) is 3.17. The van der Waals surface area contributed by atoms with E-state index in [1.54, 1.807) is 0 Å². The summed E-state index contributed by atoms with van der Waals surface area (Å²) >= 11 is 0. The minimum atomic E-state index is -0.334. The second-order valence-corrected chi connectivity index (χ2v) is 4.89. The summed E-state index contributed by atoms with van der Waals surface area (Å²) in [6.45, 7) is 5.28. The van der Waals surface area contributed by atoms with Gasteiger partial charge in [0, 0.05) is 25.7 Å². The molecule has 5 nitrogen and oxygen atoms in total. The molecule has 2 atom stereocenters. The second kappa shape index (κ2) is 7.50. The highest BCUT2D eigenvalue weighted by atomic mass is 16.7. The molecule has 0 spiro atoms. The molecule has 0 amide bonds. The fourth-order valence-corrected chi connectivity index (χ4v) is 2.16. The first-order valence-corrected chi connectivity index (χ1v) is 7.01. The molecule has 0 radical (unpaired) electrons. The number of allylic oxidation sites excluding steroid dienone is 1. The zero-order valence-corrected chi connectivity index (χ0v) is 11.3. The molecule has 0 aromatic rings. The van der Waals surface area contributed by atoms with Crippen LogP contribution >= 0.6 is 0 Å². The summed E-state index contributed by atoms with van der Waals surface area (Å²) in [7, 11) is 0. The van der Waals surface area contributed by atoms with Crippen molar-refractivity contribution in [3.8, 4) is 0 Å². The van der Waals surface area contributed by atoms with Crippen molar-refractivity contribution in [2.45, 2.75) is 57.5 Å². The van der Waals surface area contributed by atoms with Crippen LogP contribution in [0.25, 0.3) is 0 Å². The Morgan fingerprint density at radius 2 is 1.68 bits per heavy atom. The van der Waals surface area contributed by atoms with Crippen molar-refractivity contribution >= 4 is 5.97 Å². The van der Waals surface area contributed by atoms with E-state index in [1.807, 2.05) is 0 Å². The van der Waals surface area contributed by atoms with E-state index in [0.29, 0.717) is 31.6 Å². The molecule has 0 bridgehead atoms. The van der Waals surface area contributed by atoms with Gasteiger partial charge in [0.1, 0.15) is 0 Å². The molecule has 5 heteroatoms. The fraction of sp³-hybridized carbons (Fsp3) is 0.786. The SMILES string of the molecule is C=C(CCCC(=O)OC1CCCO1)O[C@@H]1CCCO1. The van der Waals surface area contributed by atoms with Crippen molar-refractivity contribution in [2.24, 2.45) is 0 Å². The van der Waals surface area contributed by atoms with Gasteiger partial charge in [-0.15, -0.1) is 0 Å². The second-order valence-electron chi connectivity index (χ2n) is 4.89. The van der Waals surface area contributed by atoms with Crippen LogP contribution in [0.2, 0.25) is 0 Å². The summed E-state index contributed by atoms with van der Waals surface area (Å²) in [6.07, 6.45) is 4.94. The molecule has 2 heterocycles. The number of hydrogen-bond acceptors (Lipinski definition) is 5. The molecular formula is C14H22O5. The van der Waals surface area contributed by atoms with E-state index < -0.39 is 0 Å². The lowest BCUT2D eigenvalue weighted by atomic mass is 10.2. The summed E-state index contributed by atoms with van der Waals surface area (Å²) in [5.41, 5.74) is 0. The summed E-state index contributed by atoms with van der Waals surface area (Å²) in [5.74, 6) is 0.466. The molecule has 19 heavy (non-hydrogen) atoms. The van der Waals surface area contributed by atoms with Gasteiger partial charge < -0.3 is 18.9 Å². The maximum Gasteiger partial charge on any atom is 0.308 e. The van der Waals surface area contributed by atoms with E-state index in [2.05, 4.69) is 6.58 Å². The van der Waals surface area contributed by atoms with Crippen molar-refractivity contribution in [3.63, 3.8) is 0 Å². The lowest BCUT2D eigenvalue weighted by Crippen LogP contribution is -2.16. The van der Waals surface area contributed by atoms with Crippen LogP contribution in [0.1, 0.15) is 44.9 Å². The van der Waals surface area contributed by atoms with E-state index >= 15 is 0 Å². The third kappa shape index (κ3) is 5.20. The van der Waals surface area contributed by atoms with E-state index in [-0.39, 0.29) is 18.5 Å². The minimum absolute atomic E-state index is 0.147. The van der Waals surface area contributed by atoms with Crippen LogP contribution in [-0.2, 0) is 23.7 Å². The molecule has 108 valence electrons. The van der Waals surface area contributed by atoms with Gasteiger partial charge >= 0.3 is 5.97 Å². The van der Waals surface area contributed by atoms with Crippen molar-refractivity contribution in [1.82, 2.24) is 0 Å². The van der Waals surface area contributed by atoms with E-state index in [4.69, 9.17) is 18.9 Å². The van der Waals surface area contributed by atoms with Crippen LogP contribution in [0.15, 0.2) is 12.3 Å². The van der Waals surface area contributed by atoms with Crippen molar-refractivity contribution < 1.29 is 23.7 Å². The van der Waals surface area contributed by atoms with Gasteiger partial charge in [0.05, 0.1) is 19.0 Å². The predicted molar refractivity (Wildman–Crippen MR) is 68.1 cm³/mol. The predicted octanol–water partition coefficient (Wildman–Crippen LogP) is 2.50. The number of ether oxygens (including phenoxy) is 4. The first kappa shape index (κ1) is 14.3. The molecule has 2 aliphatic rings. The van der Waals surface area contributed by atoms with Gasteiger partial charge in [-0.05, 0) is 19.3 Å². The Hall–Kier alpha value is -1.07. The van der Waals surface area contributed by atoms with Crippen LogP contribution in [0.3, 0.4) is 0 Å². The average Bonchev–Trinajstić information content (AvgIpc) is 3.02. The molecule has 2 rings (SSSR count). The molecule has 0 aromatic carbocycles. The van der Waals surface area contributed by atoms with Gasteiger partial charge in [0.15, 0.2) is 6.29 Å². The maximum atomic E-state index is 11.5. The highest BCUT2D eigenvalue weighted by molar-refractivity contribution is 5.69. The van der Waals surface area contributed by atoms with Crippen LogP contribution in [0.5, 0.6) is 0 Å². The van der Waals surface area contributed by atoms with Crippen LogP contribution in [0.4, 0.5) is 0 Å². The van der Waals surface area contributed by atoms with Gasteiger partial charge in [-0.1, -0.05) is 6.58 Å². The number of hydrogen-bond donors (Lipinski definition) is 0. The summed E-state index contributed by atoms with van der Waals surface area (Å²) < 4.78 is 21.3. The van der Waals surface area contributed by atoms with Crippen molar-refractivity contribution in [2.75, 3.05) is 13.2 Å². The van der Waals surface area contributed by atoms with Gasteiger partial charge in [0.2, 0.25) is 6.29 Å². The molecule has 2 saturated heterocycles. The highest BCUT2D eigenvalue weighted by Gasteiger charge is 2.20. The average molecular weight is 270 g/mol. The number of carbonyl (C=O) groups is 1. The normalized spacial score (nSPS) is 26.3. The Balaban J connectivity index is 1.52. The Labute approximate surface area is 113 Å². The Kier molecular flexibility index (Phi) is 5.66. The number of carbonyl (C=O) groups excluding carboxylic acids is 1. The summed E-state index contributed by atoms with van der Waals surface area (Å²) in [4.78, 5) is 11.5. The zero-order valence-electron chi connectivity index (χ0n) is 11.3. The maximum absolute atomic E-state index is 11.5. The molecule has 0 N–H and O–H groups in total. The molecule has 0 aromatic heterocycles. The molecular weight excluding hydrogens is 248 g/mol. The number of rotatable bonds is 7. The Morgan fingerprint density at radius 3 is 2.26 bits per heavy atom. The van der Waals surface area contributed by atoms with Gasteiger partial charge in [-0.2, -0.15) is 0 Å². The summed E-state index contributed by atoms with van der Waals surface area (Å²) in [6, 6.07) is 0. The quantitative estimate of drug-likeness (QED) is 0.525. The molecule has 0 saturated carbocycles. The standard InChI is InChI=1S/C14H22O5/c1-11(18-13-7-3-9-16-13)5-2-6-12(15)19-14-8-4-10-17-14/h13-14H,1-10H2/t13-,14?/m1/s1.